The number of nitrogens with zero attached hydrogens (tertiary/aromatic N) is 2. The number of rotatable bonds is 15. The Balaban J connectivity index is 2.21. The van der Waals surface area contributed by atoms with E-state index in [2.05, 4.69) is 5.32 Å². The van der Waals surface area contributed by atoms with Crippen molar-refractivity contribution >= 4 is 12.2 Å². The van der Waals surface area contributed by atoms with E-state index in [1.165, 1.54) is 0 Å². The summed E-state index contributed by atoms with van der Waals surface area (Å²) in [4.78, 5) is 26.0. The number of carboxylic acid groups (broad SMARTS) is 2. The van der Waals surface area contributed by atoms with Crippen molar-refractivity contribution in [3.8, 4) is 0 Å². The largest absolute Gasteiger partial charge is 0.530 e. The number of hydrogen-bond acceptors (Lipinski definition) is 9. The van der Waals surface area contributed by atoms with Gasteiger partial charge in [0.2, 0.25) is 0 Å². The maximum absolute atomic E-state index is 12.1. The summed E-state index contributed by atoms with van der Waals surface area (Å²) in [5, 5.41) is 68.3. The van der Waals surface area contributed by atoms with Crippen LogP contribution in [0.4, 0.5) is 9.59 Å². The molecule has 5 N–H and O–H groups in total. The quantitative estimate of drug-likeness (QED) is 0.182. The van der Waals surface area contributed by atoms with E-state index in [-0.39, 0.29) is 25.9 Å². The molecule has 11 heteroatoms. The van der Waals surface area contributed by atoms with Crippen LogP contribution in [0, 0.1) is 0 Å². The highest BCUT2D eigenvalue weighted by atomic mass is 16.4. The lowest BCUT2D eigenvalue weighted by Crippen LogP contribution is -2.62. The van der Waals surface area contributed by atoms with E-state index in [1.54, 1.807) is 51.1 Å². The molecule has 2 rings (SSSR count). The van der Waals surface area contributed by atoms with Gasteiger partial charge in [-0.2, -0.15) is 0 Å². The van der Waals surface area contributed by atoms with Crippen LogP contribution in [0.15, 0.2) is 60.7 Å². The van der Waals surface area contributed by atoms with Crippen molar-refractivity contribution in [2.45, 2.75) is 69.5 Å². The van der Waals surface area contributed by atoms with E-state index in [0.29, 0.717) is 0 Å². The van der Waals surface area contributed by atoms with E-state index in [4.69, 9.17) is 0 Å². The third-order valence-electron chi connectivity index (χ3n) is 6.67. The molecule has 0 aromatic heterocycles. The zero-order chi connectivity index (χ0) is 29.9. The molecular formula is C29H41N3O8-2. The number of carbonyl (C=O) groups is 2. The Labute approximate surface area is 235 Å². The van der Waals surface area contributed by atoms with Crippen LogP contribution in [-0.4, -0.2) is 105 Å². The van der Waals surface area contributed by atoms with Gasteiger partial charge in [-0.1, -0.05) is 60.7 Å². The zero-order valence-corrected chi connectivity index (χ0v) is 23.2. The van der Waals surface area contributed by atoms with Crippen molar-refractivity contribution in [1.82, 2.24) is 15.1 Å². The normalized spacial score (nSPS) is 15.5. The number of aliphatic hydroxyl groups is 4. The molecule has 0 aliphatic rings. The summed E-state index contributed by atoms with van der Waals surface area (Å²) in [6.07, 6.45) is -6.62. The fraction of sp³-hybridized carbons (Fsp3) is 0.517. The van der Waals surface area contributed by atoms with Gasteiger partial charge in [0, 0.05) is 25.2 Å². The number of hydrogen-bond donors (Lipinski definition) is 5. The molecule has 0 heterocycles. The molecule has 0 radical (unpaired) electrons. The predicted octanol–water partition coefficient (Wildman–Crippen LogP) is -1.04. The molecule has 0 unspecified atom stereocenters. The van der Waals surface area contributed by atoms with Crippen LogP contribution in [0.3, 0.4) is 0 Å². The molecule has 11 nitrogen and oxygen atoms in total. The van der Waals surface area contributed by atoms with E-state index in [9.17, 15) is 40.2 Å². The summed E-state index contributed by atoms with van der Waals surface area (Å²) in [7, 11) is 0. The topological polar surface area (TPSA) is 180 Å². The standard InChI is InChI=1S/C29H43N3O8/c1-29(2,3)32(28(39)40)24(15-21-12-8-5-9-13-21)26(36)17-30-16-25(35)23(14-20-10-6-4-7-11-20)31(27(37)38)18-22(34)19-33/h4-13,22-26,30,33-36H,14-19H2,1-3H3,(H,37,38)(H,39,40)/p-2/t22-,23-,24-,25+,26+/m0/s1. The molecule has 0 saturated heterocycles. The maximum Gasteiger partial charge on any atom is 0.137 e. The Morgan fingerprint density at radius 3 is 1.65 bits per heavy atom. The average Bonchev–Trinajstić information content (AvgIpc) is 2.90. The van der Waals surface area contributed by atoms with Crippen molar-refractivity contribution in [2.24, 2.45) is 0 Å². The van der Waals surface area contributed by atoms with Gasteiger partial charge in [-0.25, -0.2) is 0 Å². The third kappa shape index (κ3) is 10.1. The van der Waals surface area contributed by atoms with Crippen molar-refractivity contribution < 1.29 is 40.2 Å². The molecule has 5 atom stereocenters. The van der Waals surface area contributed by atoms with E-state index >= 15 is 0 Å². The maximum atomic E-state index is 12.1. The van der Waals surface area contributed by atoms with Crippen LogP contribution in [0.1, 0.15) is 31.9 Å². The first kappa shape index (κ1) is 33.0. The van der Waals surface area contributed by atoms with Gasteiger partial charge in [0.05, 0.1) is 37.0 Å². The fourth-order valence-electron chi connectivity index (χ4n) is 4.75. The lowest BCUT2D eigenvalue weighted by atomic mass is 9.94. The second-order valence-corrected chi connectivity index (χ2v) is 10.9. The molecule has 0 aliphatic heterocycles. The number of aliphatic hydroxyl groups excluding tert-OH is 4. The van der Waals surface area contributed by atoms with Gasteiger partial charge in [0.1, 0.15) is 12.2 Å². The van der Waals surface area contributed by atoms with Gasteiger partial charge in [-0.3, -0.25) is 0 Å². The Hall–Kier alpha value is -3.22. The summed E-state index contributed by atoms with van der Waals surface area (Å²) < 4.78 is 0. The smallest absolute Gasteiger partial charge is 0.137 e. The molecule has 2 aromatic carbocycles. The molecule has 0 aliphatic carbocycles. The minimum atomic E-state index is -1.62. The number of nitrogens with one attached hydrogen (secondary N) is 1. The van der Waals surface area contributed by atoms with Crippen LogP contribution < -0.4 is 15.5 Å². The highest BCUT2D eigenvalue weighted by Crippen LogP contribution is 2.22. The van der Waals surface area contributed by atoms with Crippen molar-refractivity contribution in [3.63, 3.8) is 0 Å². The monoisotopic (exact) mass is 559 g/mol. The summed E-state index contributed by atoms with van der Waals surface area (Å²) in [5.41, 5.74) is 0.674. The third-order valence-corrected chi connectivity index (χ3v) is 6.67. The van der Waals surface area contributed by atoms with Gasteiger partial charge < -0.3 is 55.3 Å². The minimum Gasteiger partial charge on any atom is -0.530 e. The van der Waals surface area contributed by atoms with Gasteiger partial charge in [0.15, 0.2) is 0 Å². The second-order valence-electron chi connectivity index (χ2n) is 10.9. The van der Waals surface area contributed by atoms with Gasteiger partial charge in [0.25, 0.3) is 0 Å². The van der Waals surface area contributed by atoms with E-state index < -0.39 is 61.3 Å². The van der Waals surface area contributed by atoms with Crippen LogP contribution in [0.25, 0.3) is 0 Å². The zero-order valence-electron chi connectivity index (χ0n) is 23.2. The first-order chi connectivity index (χ1) is 18.8. The number of amides is 2. The Bertz CT molecular complexity index is 1030. The highest BCUT2D eigenvalue weighted by Gasteiger charge is 2.34. The van der Waals surface area contributed by atoms with Crippen LogP contribution in [0.2, 0.25) is 0 Å². The van der Waals surface area contributed by atoms with Crippen LogP contribution in [0.5, 0.6) is 0 Å². The van der Waals surface area contributed by atoms with E-state index in [1.807, 2.05) is 30.3 Å². The minimum absolute atomic E-state index is 0.0947. The Kier molecular flexibility index (Phi) is 12.8. The molecule has 0 bridgehead atoms. The molecule has 0 spiro atoms. The summed E-state index contributed by atoms with van der Waals surface area (Å²) in [6.45, 7) is 3.69. The number of benzene rings is 2. The first-order valence-corrected chi connectivity index (χ1v) is 13.3. The molecule has 0 saturated carbocycles. The first-order valence-electron chi connectivity index (χ1n) is 13.3. The predicted molar refractivity (Wildman–Crippen MR) is 145 cm³/mol. The molecular weight excluding hydrogens is 518 g/mol. The summed E-state index contributed by atoms with van der Waals surface area (Å²) in [6, 6.07) is 16.1. The van der Waals surface area contributed by atoms with Crippen LogP contribution in [-0.2, 0) is 12.8 Å². The van der Waals surface area contributed by atoms with Gasteiger partial charge in [-0.05, 0) is 44.7 Å². The van der Waals surface area contributed by atoms with E-state index in [0.717, 1.165) is 20.9 Å². The molecule has 40 heavy (non-hydrogen) atoms. The van der Waals surface area contributed by atoms with Crippen molar-refractivity contribution in [1.29, 1.82) is 0 Å². The highest BCUT2D eigenvalue weighted by molar-refractivity contribution is 5.64. The molecule has 0 fully saturated rings. The molecule has 222 valence electrons. The van der Waals surface area contributed by atoms with Gasteiger partial charge >= 0.3 is 0 Å². The Morgan fingerprint density at radius 1 is 0.800 bits per heavy atom. The second kappa shape index (κ2) is 15.5. The van der Waals surface area contributed by atoms with Gasteiger partial charge in [-0.15, -0.1) is 0 Å². The molecule has 2 amide bonds. The summed E-state index contributed by atoms with van der Waals surface area (Å²) >= 11 is 0. The van der Waals surface area contributed by atoms with Crippen molar-refractivity contribution in [2.75, 3.05) is 26.2 Å². The Morgan fingerprint density at radius 2 is 1.25 bits per heavy atom. The fourth-order valence-corrected chi connectivity index (χ4v) is 4.75. The lowest BCUT2D eigenvalue weighted by Gasteiger charge is -2.45. The molecule has 2 aromatic rings. The van der Waals surface area contributed by atoms with Crippen molar-refractivity contribution in [3.05, 3.63) is 71.8 Å². The average molecular weight is 560 g/mol. The SMILES string of the molecule is CC(C)(C)N(C(=O)[O-])[C@@H](Cc1ccccc1)[C@H](O)CNC[C@@H](O)[C@H](Cc1ccccc1)N(C[C@H](O)CO)C(=O)[O-]. The summed E-state index contributed by atoms with van der Waals surface area (Å²) in [5.74, 6) is 0. The number of carbonyl (C=O) groups excluding carboxylic acids is 2. The van der Waals surface area contributed by atoms with Crippen LogP contribution >= 0.6 is 0 Å². The lowest BCUT2D eigenvalue weighted by molar-refractivity contribution is -0.275.